The third-order valence-corrected chi connectivity index (χ3v) is 4.64. The molecule has 3 rings (SSSR count). The van der Waals surface area contributed by atoms with Crippen LogP contribution in [0.3, 0.4) is 0 Å². The van der Waals surface area contributed by atoms with Gasteiger partial charge in [-0.2, -0.15) is 0 Å². The van der Waals surface area contributed by atoms with Crippen LogP contribution in [0.4, 0.5) is 11.4 Å². The minimum Gasteiger partial charge on any atom is -0.494 e. The molecule has 1 aliphatic heterocycles. The zero-order valence-corrected chi connectivity index (χ0v) is 12.0. The smallest absolute Gasteiger partial charge is 0.232 e. The number of anilines is 2. The van der Waals surface area contributed by atoms with Gasteiger partial charge < -0.3 is 15.4 Å². The van der Waals surface area contributed by atoms with Crippen molar-refractivity contribution in [2.45, 2.75) is 38.5 Å². The highest BCUT2D eigenvalue weighted by Crippen LogP contribution is 2.42. The number of benzene rings is 1. The summed E-state index contributed by atoms with van der Waals surface area (Å²) in [6.45, 7) is 0.721. The summed E-state index contributed by atoms with van der Waals surface area (Å²) in [5, 5.41) is 6.56. The molecule has 0 unspecified atom stereocenters. The minimum atomic E-state index is -0.263. The Hall–Kier alpha value is -1.71. The van der Waals surface area contributed by atoms with E-state index in [-0.39, 0.29) is 11.3 Å². The van der Waals surface area contributed by atoms with E-state index in [4.69, 9.17) is 4.74 Å². The molecule has 20 heavy (non-hydrogen) atoms. The first kappa shape index (κ1) is 13.3. The number of para-hydroxylation sites is 1. The van der Waals surface area contributed by atoms with Gasteiger partial charge in [0.1, 0.15) is 11.4 Å². The lowest BCUT2D eigenvalue weighted by molar-refractivity contribution is -0.125. The van der Waals surface area contributed by atoms with Gasteiger partial charge >= 0.3 is 0 Å². The summed E-state index contributed by atoms with van der Waals surface area (Å²) in [7, 11) is 1.63. The van der Waals surface area contributed by atoms with Crippen molar-refractivity contribution in [1.82, 2.24) is 0 Å². The van der Waals surface area contributed by atoms with Gasteiger partial charge in [0.25, 0.3) is 0 Å². The van der Waals surface area contributed by atoms with Crippen LogP contribution in [0.5, 0.6) is 5.75 Å². The van der Waals surface area contributed by atoms with Gasteiger partial charge in [0.15, 0.2) is 0 Å². The van der Waals surface area contributed by atoms with Gasteiger partial charge in [0, 0.05) is 6.54 Å². The molecular formula is C16H22N2O2. The first-order chi connectivity index (χ1) is 9.75. The van der Waals surface area contributed by atoms with Crippen LogP contribution in [0, 0.1) is 5.41 Å². The number of amides is 1. The molecule has 1 heterocycles. The number of carbonyl (C=O) groups excluding carboxylic acids is 1. The van der Waals surface area contributed by atoms with E-state index in [1.165, 1.54) is 12.8 Å². The molecule has 108 valence electrons. The van der Waals surface area contributed by atoms with Crippen molar-refractivity contribution in [2.75, 3.05) is 24.3 Å². The van der Waals surface area contributed by atoms with Crippen LogP contribution in [0.1, 0.15) is 38.5 Å². The summed E-state index contributed by atoms with van der Waals surface area (Å²) in [6, 6.07) is 5.82. The van der Waals surface area contributed by atoms with E-state index in [0.717, 1.165) is 43.6 Å². The SMILES string of the molecule is COc1cccc2c1NC(=O)C1(CCCCCC1)CN2. The number of methoxy groups -OCH3 is 1. The Kier molecular flexibility index (Phi) is 3.55. The summed E-state index contributed by atoms with van der Waals surface area (Å²) < 4.78 is 5.36. The molecule has 0 aromatic heterocycles. The fourth-order valence-electron chi connectivity index (χ4n) is 3.38. The van der Waals surface area contributed by atoms with E-state index in [0.29, 0.717) is 5.75 Å². The normalized spacial score (nSPS) is 21.1. The van der Waals surface area contributed by atoms with Crippen LogP contribution in [0.15, 0.2) is 18.2 Å². The van der Waals surface area contributed by atoms with Gasteiger partial charge in [-0.3, -0.25) is 4.79 Å². The Bertz CT molecular complexity index is 505. The van der Waals surface area contributed by atoms with Gasteiger partial charge in [-0.15, -0.1) is 0 Å². The Morgan fingerprint density at radius 2 is 1.90 bits per heavy atom. The number of nitrogens with one attached hydrogen (secondary N) is 2. The molecule has 0 atom stereocenters. The van der Waals surface area contributed by atoms with Crippen LogP contribution < -0.4 is 15.4 Å². The fraction of sp³-hybridized carbons (Fsp3) is 0.562. The quantitative estimate of drug-likeness (QED) is 0.825. The topological polar surface area (TPSA) is 50.4 Å². The predicted octanol–water partition coefficient (Wildman–Crippen LogP) is 3.40. The van der Waals surface area contributed by atoms with Gasteiger partial charge in [-0.05, 0) is 25.0 Å². The van der Waals surface area contributed by atoms with Crippen molar-refractivity contribution in [2.24, 2.45) is 5.41 Å². The number of carbonyl (C=O) groups is 1. The maximum atomic E-state index is 12.8. The lowest BCUT2D eigenvalue weighted by Gasteiger charge is -2.29. The van der Waals surface area contributed by atoms with Crippen molar-refractivity contribution < 1.29 is 9.53 Å². The van der Waals surface area contributed by atoms with Crippen molar-refractivity contribution in [3.8, 4) is 5.75 Å². The zero-order chi connectivity index (χ0) is 14.0. The molecule has 1 saturated carbocycles. The highest BCUT2D eigenvalue weighted by Gasteiger charge is 2.40. The highest BCUT2D eigenvalue weighted by atomic mass is 16.5. The monoisotopic (exact) mass is 274 g/mol. The number of rotatable bonds is 1. The molecule has 0 radical (unpaired) electrons. The van der Waals surface area contributed by atoms with E-state index in [9.17, 15) is 4.79 Å². The van der Waals surface area contributed by atoms with Crippen LogP contribution in [-0.2, 0) is 4.79 Å². The molecule has 4 nitrogen and oxygen atoms in total. The summed E-state index contributed by atoms with van der Waals surface area (Å²) in [4.78, 5) is 12.8. The summed E-state index contributed by atoms with van der Waals surface area (Å²) in [5.41, 5.74) is 1.47. The van der Waals surface area contributed by atoms with Crippen molar-refractivity contribution in [3.05, 3.63) is 18.2 Å². The summed E-state index contributed by atoms with van der Waals surface area (Å²) in [6.07, 6.45) is 6.71. The molecule has 2 aliphatic rings. The molecule has 1 amide bonds. The van der Waals surface area contributed by atoms with Crippen molar-refractivity contribution >= 4 is 17.3 Å². The number of fused-ring (bicyclic) bond motifs is 1. The fourth-order valence-corrected chi connectivity index (χ4v) is 3.38. The predicted molar refractivity (Wildman–Crippen MR) is 80.2 cm³/mol. The van der Waals surface area contributed by atoms with E-state index >= 15 is 0 Å². The Morgan fingerprint density at radius 3 is 2.60 bits per heavy atom. The average Bonchev–Trinajstić information content (AvgIpc) is 2.79. The lowest BCUT2D eigenvalue weighted by Crippen LogP contribution is -2.39. The standard InChI is InChI=1S/C16H22N2O2/c1-20-13-8-6-7-12-14(13)18-15(19)16(11-17-12)9-4-2-3-5-10-16/h6-8,17H,2-5,9-11H2,1H3,(H,18,19). The second-order valence-electron chi connectivity index (χ2n) is 5.89. The molecule has 1 aliphatic carbocycles. The van der Waals surface area contributed by atoms with E-state index in [1.54, 1.807) is 7.11 Å². The first-order valence-electron chi connectivity index (χ1n) is 7.47. The molecule has 4 heteroatoms. The second-order valence-corrected chi connectivity index (χ2v) is 5.89. The second kappa shape index (κ2) is 5.35. The van der Waals surface area contributed by atoms with Crippen molar-refractivity contribution in [3.63, 3.8) is 0 Å². The number of hydrogen-bond acceptors (Lipinski definition) is 3. The van der Waals surface area contributed by atoms with E-state index < -0.39 is 0 Å². The summed E-state index contributed by atoms with van der Waals surface area (Å²) >= 11 is 0. The van der Waals surface area contributed by atoms with Crippen LogP contribution in [0.25, 0.3) is 0 Å². The molecular weight excluding hydrogens is 252 g/mol. The largest absolute Gasteiger partial charge is 0.494 e. The van der Waals surface area contributed by atoms with Gasteiger partial charge in [0.05, 0.1) is 18.2 Å². The Balaban J connectivity index is 1.93. The number of hydrogen-bond donors (Lipinski definition) is 2. The number of ether oxygens (including phenoxy) is 1. The molecule has 0 saturated heterocycles. The molecule has 1 fully saturated rings. The molecule has 2 N–H and O–H groups in total. The molecule has 0 bridgehead atoms. The molecule has 1 aromatic carbocycles. The Labute approximate surface area is 119 Å². The van der Waals surface area contributed by atoms with Crippen molar-refractivity contribution in [1.29, 1.82) is 0 Å². The van der Waals surface area contributed by atoms with E-state index in [2.05, 4.69) is 10.6 Å². The zero-order valence-electron chi connectivity index (χ0n) is 12.0. The van der Waals surface area contributed by atoms with Crippen LogP contribution in [-0.4, -0.2) is 19.6 Å². The van der Waals surface area contributed by atoms with Crippen LogP contribution >= 0.6 is 0 Å². The Morgan fingerprint density at radius 1 is 1.15 bits per heavy atom. The minimum absolute atomic E-state index is 0.148. The third kappa shape index (κ3) is 2.23. The van der Waals surface area contributed by atoms with Gasteiger partial charge in [-0.25, -0.2) is 0 Å². The van der Waals surface area contributed by atoms with Gasteiger partial charge in [-0.1, -0.05) is 31.7 Å². The average molecular weight is 274 g/mol. The first-order valence-corrected chi connectivity index (χ1v) is 7.47. The van der Waals surface area contributed by atoms with Crippen LogP contribution in [0.2, 0.25) is 0 Å². The maximum absolute atomic E-state index is 12.8. The van der Waals surface area contributed by atoms with Gasteiger partial charge in [0.2, 0.25) is 5.91 Å². The molecule has 1 spiro atoms. The lowest BCUT2D eigenvalue weighted by atomic mass is 9.79. The maximum Gasteiger partial charge on any atom is 0.232 e. The third-order valence-electron chi connectivity index (χ3n) is 4.64. The highest BCUT2D eigenvalue weighted by molar-refractivity contribution is 6.01. The van der Waals surface area contributed by atoms with E-state index in [1.807, 2.05) is 18.2 Å². The molecule has 1 aromatic rings. The summed E-state index contributed by atoms with van der Waals surface area (Å²) in [5.74, 6) is 0.865.